The molecule has 0 unspecified atom stereocenters. The van der Waals surface area contributed by atoms with Crippen molar-refractivity contribution >= 4 is 0 Å². The van der Waals surface area contributed by atoms with Crippen LogP contribution in [-0.4, -0.2) is 12.4 Å². The molecule has 6 aromatic rings. The Balaban J connectivity index is 1.33. The van der Waals surface area contributed by atoms with Crippen LogP contribution >= 0.6 is 0 Å². The molecule has 0 heterocycles. The molecule has 0 atom stereocenters. The number of alkyl halides is 10. The molecule has 22 heteroatoms. The van der Waals surface area contributed by atoms with Gasteiger partial charge in [0, 0.05) is 24.3 Å². The number of benzene rings is 6. The van der Waals surface area contributed by atoms with Crippen LogP contribution in [0.1, 0.15) is 22.3 Å². The van der Waals surface area contributed by atoms with Gasteiger partial charge in [-0.3, -0.25) is 0 Å². The van der Waals surface area contributed by atoms with Crippen LogP contribution in [0.3, 0.4) is 0 Å². The fourth-order valence-electron chi connectivity index (χ4n) is 6.42. The Bertz CT molecular complexity index is 2430. The first kappa shape index (κ1) is 46.0. The van der Waals surface area contributed by atoms with Crippen molar-refractivity contribution in [1.29, 1.82) is 0 Å². The minimum atomic E-state index is -6.27. The van der Waals surface area contributed by atoms with Crippen LogP contribution in [0.5, 0.6) is 11.5 Å². The first-order valence-electron chi connectivity index (χ1n) is 16.9. The lowest BCUT2D eigenvalue weighted by Gasteiger charge is -2.38. The molecular formula is C41H16F20O2. The molecule has 332 valence electrons. The number of hydrogen-bond acceptors (Lipinski definition) is 2. The van der Waals surface area contributed by atoms with Crippen LogP contribution < -0.4 is 9.47 Å². The maximum absolute atomic E-state index is 15.0. The normalized spacial score (nSPS) is 12.8. The predicted octanol–water partition coefficient (Wildman–Crippen LogP) is 14.1. The van der Waals surface area contributed by atoms with E-state index in [1.54, 1.807) is 0 Å². The van der Waals surface area contributed by atoms with E-state index in [1.807, 2.05) is 0 Å². The Hall–Kier alpha value is -6.48. The molecule has 0 aliphatic rings. The summed E-state index contributed by atoms with van der Waals surface area (Å²) in [6.45, 7) is 0. The summed E-state index contributed by atoms with van der Waals surface area (Å²) in [5.74, 6) is -23.6. The average molecular weight is 921 g/mol. The molecule has 0 N–H and O–H groups in total. The summed E-state index contributed by atoms with van der Waals surface area (Å²) < 4.78 is 297. The molecule has 0 aliphatic carbocycles. The molecule has 0 amide bonds. The molecule has 0 aliphatic heterocycles. The van der Waals surface area contributed by atoms with Crippen molar-refractivity contribution in [2.45, 2.75) is 30.0 Å². The second kappa shape index (κ2) is 16.0. The van der Waals surface area contributed by atoms with E-state index >= 15 is 0 Å². The molecule has 0 spiro atoms. The molecule has 0 fully saturated rings. The summed E-state index contributed by atoms with van der Waals surface area (Å²) in [5.41, 5.74) is -15.0. The Morgan fingerprint density at radius 1 is 0.302 bits per heavy atom. The predicted molar refractivity (Wildman–Crippen MR) is 178 cm³/mol. The molecule has 6 aromatic carbocycles. The van der Waals surface area contributed by atoms with Crippen molar-refractivity contribution in [3.05, 3.63) is 177 Å². The van der Waals surface area contributed by atoms with Gasteiger partial charge in [-0.1, -0.05) is 48.5 Å². The van der Waals surface area contributed by atoms with E-state index in [4.69, 9.17) is 0 Å². The highest BCUT2D eigenvalue weighted by Gasteiger charge is 2.72. The fraction of sp³-hybridized carbons (Fsp3) is 0.122. The fourth-order valence-corrected chi connectivity index (χ4v) is 6.42. The smallest absolute Gasteiger partial charge is 0.429 e. The highest BCUT2D eigenvalue weighted by atomic mass is 19.4. The molecule has 0 aromatic heterocycles. The van der Waals surface area contributed by atoms with Crippen molar-refractivity contribution < 1.29 is 97.3 Å². The van der Waals surface area contributed by atoms with Gasteiger partial charge in [0.25, 0.3) is 0 Å². The van der Waals surface area contributed by atoms with Crippen molar-refractivity contribution in [3.8, 4) is 33.8 Å². The van der Waals surface area contributed by atoms with E-state index in [9.17, 15) is 87.8 Å². The Labute approximate surface area is 338 Å². The third kappa shape index (κ3) is 8.41. The summed E-state index contributed by atoms with van der Waals surface area (Å²) in [6, 6.07) is 3.26. The molecule has 0 saturated carbocycles. The average Bonchev–Trinajstić information content (AvgIpc) is 3.14. The lowest BCUT2D eigenvalue weighted by Crippen LogP contribution is -2.54. The molecule has 0 bridgehead atoms. The van der Waals surface area contributed by atoms with E-state index in [-0.39, 0.29) is 72.8 Å². The van der Waals surface area contributed by atoms with Gasteiger partial charge in [-0.05, 0) is 57.6 Å². The minimum absolute atomic E-state index is 0.0732. The Kier molecular flexibility index (Phi) is 11.7. The van der Waals surface area contributed by atoms with Gasteiger partial charge in [-0.25, -0.2) is 43.9 Å². The molecule has 0 radical (unpaired) electrons. The lowest BCUT2D eigenvalue weighted by molar-refractivity contribution is -0.288. The van der Waals surface area contributed by atoms with Gasteiger partial charge in [0.2, 0.25) is 5.41 Å². The SMILES string of the molecule is Fc1cc(OC(F)(F)c2c(F)cc(-c3ccc(C(c4ccc(-c5cc(F)c(C(F)(F)Oc6cc(F)c(F)c(F)c6)c(F)c5)cc4)(C(F)(F)F)C(F)(F)F)cc3)cc2F)cc(F)c1F. The van der Waals surface area contributed by atoms with Crippen molar-refractivity contribution in [2.24, 2.45) is 0 Å². The van der Waals surface area contributed by atoms with Crippen molar-refractivity contribution in [2.75, 3.05) is 0 Å². The Morgan fingerprint density at radius 3 is 0.794 bits per heavy atom. The van der Waals surface area contributed by atoms with Gasteiger partial charge < -0.3 is 9.47 Å². The van der Waals surface area contributed by atoms with Crippen LogP contribution in [0.2, 0.25) is 0 Å². The minimum Gasteiger partial charge on any atom is -0.429 e. The first-order valence-corrected chi connectivity index (χ1v) is 16.9. The van der Waals surface area contributed by atoms with Gasteiger partial charge in [-0.15, -0.1) is 0 Å². The lowest BCUT2D eigenvalue weighted by atomic mass is 9.72. The summed E-state index contributed by atoms with van der Waals surface area (Å²) in [7, 11) is 0. The number of ether oxygens (including phenoxy) is 2. The topological polar surface area (TPSA) is 18.5 Å². The van der Waals surface area contributed by atoms with E-state index in [0.29, 0.717) is 24.3 Å². The van der Waals surface area contributed by atoms with Gasteiger partial charge >= 0.3 is 24.6 Å². The van der Waals surface area contributed by atoms with Crippen LogP contribution in [-0.2, 0) is 17.6 Å². The second-order valence-electron chi connectivity index (χ2n) is 13.2. The van der Waals surface area contributed by atoms with E-state index in [1.165, 1.54) is 0 Å². The second-order valence-corrected chi connectivity index (χ2v) is 13.2. The summed E-state index contributed by atoms with van der Waals surface area (Å²) in [4.78, 5) is 0. The molecule has 0 saturated heterocycles. The van der Waals surface area contributed by atoms with Gasteiger partial charge in [0.1, 0.15) is 45.9 Å². The van der Waals surface area contributed by atoms with Crippen molar-refractivity contribution in [3.63, 3.8) is 0 Å². The van der Waals surface area contributed by atoms with Gasteiger partial charge in [0.15, 0.2) is 34.9 Å². The highest BCUT2D eigenvalue weighted by Crippen LogP contribution is 2.56. The van der Waals surface area contributed by atoms with E-state index in [2.05, 4.69) is 9.47 Å². The first-order chi connectivity index (χ1) is 29.1. The molecule has 6 rings (SSSR count). The zero-order valence-corrected chi connectivity index (χ0v) is 30.1. The summed E-state index contributed by atoms with van der Waals surface area (Å²) in [5, 5.41) is 0. The zero-order chi connectivity index (χ0) is 46.8. The van der Waals surface area contributed by atoms with Crippen molar-refractivity contribution in [1.82, 2.24) is 0 Å². The van der Waals surface area contributed by atoms with Crippen LogP contribution in [0.15, 0.2) is 97.1 Å². The van der Waals surface area contributed by atoms with Crippen LogP contribution in [0.4, 0.5) is 87.8 Å². The quantitative estimate of drug-likeness (QED) is 0.101. The van der Waals surface area contributed by atoms with Gasteiger partial charge in [0.05, 0.1) is 0 Å². The number of hydrogen-bond donors (Lipinski definition) is 0. The maximum atomic E-state index is 15.0. The summed E-state index contributed by atoms with van der Waals surface area (Å²) in [6.07, 6.45) is -22.6. The molecule has 2 nitrogen and oxygen atoms in total. The van der Waals surface area contributed by atoms with Crippen LogP contribution in [0, 0.1) is 58.2 Å². The zero-order valence-electron chi connectivity index (χ0n) is 30.1. The van der Waals surface area contributed by atoms with E-state index in [0.717, 1.165) is 0 Å². The standard InChI is InChI=1S/C41H16F20O2/c42-25-9-19(10-26(43)33(25)38(52,53)62-23-13-29(46)35(50)30(47)14-23)17-1-5-21(6-2-17)37(40(56,57)58,41(59,60)61)22-7-3-18(4-8-22)20-11-27(44)34(28(45)12-20)39(54,55)63-24-15-31(48)36(51)32(49)16-24/h1-16H. The monoisotopic (exact) mass is 920 g/mol. The Morgan fingerprint density at radius 2 is 0.556 bits per heavy atom. The third-order valence-corrected chi connectivity index (χ3v) is 9.23. The van der Waals surface area contributed by atoms with Gasteiger partial charge in [-0.2, -0.15) is 43.9 Å². The number of rotatable bonds is 10. The largest absolute Gasteiger partial charge is 0.432 e. The third-order valence-electron chi connectivity index (χ3n) is 9.23. The molecule has 63 heavy (non-hydrogen) atoms. The highest BCUT2D eigenvalue weighted by molar-refractivity contribution is 5.67. The van der Waals surface area contributed by atoms with E-state index < -0.39 is 144 Å². The van der Waals surface area contributed by atoms with Crippen LogP contribution in [0.25, 0.3) is 22.3 Å². The summed E-state index contributed by atoms with van der Waals surface area (Å²) >= 11 is 0. The number of halogens is 20. The molecular weight excluding hydrogens is 904 g/mol. The maximum Gasteiger partial charge on any atom is 0.432 e.